The zero-order valence-corrected chi connectivity index (χ0v) is 20.3. The van der Waals surface area contributed by atoms with Crippen LogP contribution in [0.3, 0.4) is 0 Å². The number of aromatic hydroxyl groups is 4. The Bertz CT molecular complexity index is 1220. The average molecular weight is 532 g/mol. The van der Waals surface area contributed by atoms with Crippen molar-refractivity contribution in [1.82, 2.24) is 0 Å². The van der Waals surface area contributed by atoms with E-state index in [1.54, 1.807) is 0 Å². The van der Waals surface area contributed by atoms with Crippen LogP contribution in [0.25, 0.3) is 6.08 Å². The summed E-state index contributed by atoms with van der Waals surface area (Å²) in [5.41, 5.74) is -1.35. The van der Waals surface area contributed by atoms with Crippen molar-refractivity contribution in [3.8, 4) is 23.0 Å². The minimum absolute atomic E-state index is 0.118. The molecule has 1 saturated carbocycles. The van der Waals surface area contributed by atoms with Crippen molar-refractivity contribution in [2.24, 2.45) is 0 Å². The Morgan fingerprint density at radius 2 is 1.53 bits per heavy atom. The lowest BCUT2D eigenvalue weighted by atomic mass is 9.79. The highest BCUT2D eigenvalue weighted by Crippen LogP contribution is 2.34. The van der Waals surface area contributed by atoms with Crippen LogP contribution in [0.1, 0.15) is 30.4 Å². The van der Waals surface area contributed by atoms with Gasteiger partial charge in [-0.3, -0.25) is 4.79 Å². The summed E-state index contributed by atoms with van der Waals surface area (Å²) in [6, 6.07) is 7.85. The number of ether oxygens (including phenoxy) is 3. The molecule has 4 atom stereocenters. The molecule has 6 N–H and O–H groups in total. The van der Waals surface area contributed by atoms with Crippen LogP contribution in [-0.4, -0.2) is 79.6 Å². The number of carbonyl (C=O) groups excluding carboxylic acids is 3. The van der Waals surface area contributed by atoms with Crippen molar-refractivity contribution < 1.29 is 59.2 Å². The Balaban J connectivity index is 1.69. The number of benzene rings is 2. The maximum Gasteiger partial charge on any atom is 0.338 e. The summed E-state index contributed by atoms with van der Waals surface area (Å²) < 4.78 is 15.2. The van der Waals surface area contributed by atoms with Crippen molar-refractivity contribution in [2.45, 2.75) is 49.6 Å². The molecule has 0 radical (unpaired) electrons. The molecule has 0 heterocycles. The monoisotopic (exact) mass is 532 g/mol. The average Bonchev–Trinajstić information content (AvgIpc) is 2.87. The van der Waals surface area contributed by atoms with Gasteiger partial charge in [-0.1, -0.05) is 12.1 Å². The minimum atomic E-state index is -2.22. The van der Waals surface area contributed by atoms with E-state index in [4.69, 9.17) is 9.47 Å². The smallest absolute Gasteiger partial charge is 0.338 e. The molecular formula is C26H28O12. The molecule has 0 aliphatic heterocycles. The molecule has 2 aromatic carbocycles. The quantitative estimate of drug-likeness (QED) is 0.122. The van der Waals surface area contributed by atoms with Crippen LogP contribution in [-0.2, 0) is 35.0 Å². The second-order valence-corrected chi connectivity index (χ2v) is 8.83. The second-order valence-electron chi connectivity index (χ2n) is 8.83. The van der Waals surface area contributed by atoms with Crippen molar-refractivity contribution in [2.75, 3.05) is 7.11 Å². The van der Waals surface area contributed by atoms with Crippen molar-refractivity contribution in [3.63, 3.8) is 0 Å². The van der Waals surface area contributed by atoms with Crippen LogP contribution >= 0.6 is 0 Å². The van der Waals surface area contributed by atoms with Gasteiger partial charge in [0.05, 0.1) is 7.11 Å². The zero-order valence-electron chi connectivity index (χ0n) is 20.3. The van der Waals surface area contributed by atoms with Gasteiger partial charge in [-0.15, -0.1) is 0 Å². The summed E-state index contributed by atoms with van der Waals surface area (Å²) in [6.07, 6.45) is -3.35. The third kappa shape index (κ3) is 6.93. The Hall–Kier alpha value is -4.29. The lowest BCUT2D eigenvalue weighted by Crippen LogP contribution is -2.58. The van der Waals surface area contributed by atoms with Crippen molar-refractivity contribution >= 4 is 24.0 Å². The van der Waals surface area contributed by atoms with Gasteiger partial charge in [-0.25, -0.2) is 9.59 Å². The van der Waals surface area contributed by atoms with E-state index in [0.717, 1.165) is 13.2 Å². The van der Waals surface area contributed by atoms with E-state index in [1.807, 2.05) is 0 Å². The van der Waals surface area contributed by atoms with Gasteiger partial charge in [0.25, 0.3) is 0 Å². The van der Waals surface area contributed by atoms with Crippen molar-refractivity contribution in [3.05, 3.63) is 53.6 Å². The van der Waals surface area contributed by atoms with Gasteiger partial charge in [0.2, 0.25) is 0 Å². The van der Waals surface area contributed by atoms with Gasteiger partial charge < -0.3 is 44.8 Å². The number of aliphatic hydroxyl groups is 2. The first-order valence-electron chi connectivity index (χ1n) is 11.5. The number of methoxy groups -OCH3 is 1. The fourth-order valence-electron chi connectivity index (χ4n) is 4.00. The van der Waals surface area contributed by atoms with Gasteiger partial charge in [0.1, 0.15) is 18.3 Å². The van der Waals surface area contributed by atoms with Gasteiger partial charge in [-0.05, 0) is 47.9 Å². The third-order valence-corrected chi connectivity index (χ3v) is 6.02. The first-order valence-corrected chi connectivity index (χ1v) is 11.5. The molecule has 0 spiro atoms. The van der Waals surface area contributed by atoms with Crippen LogP contribution in [0.2, 0.25) is 0 Å². The highest BCUT2D eigenvalue weighted by molar-refractivity contribution is 5.87. The molecule has 3 rings (SSSR count). The second kappa shape index (κ2) is 11.8. The first kappa shape index (κ1) is 28.3. The van der Waals surface area contributed by atoms with Crippen LogP contribution in [0.4, 0.5) is 0 Å². The van der Waals surface area contributed by atoms with Gasteiger partial charge in [0, 0.05) is 25.3 Å². The number of carbonyl (C=O) groups is 3. The molecule has 0 aromatic heterocycles. The number of rotatable bonds is 8. The van der Waals surface area contributed by atoms with Crippen LogP contribution < -0.4 is 0 Å². The minimum Gasteiger partial charge on any atom is -0.504 e. The Kier molecular flexibility index (Phi) is 8.81. The molecular weight excluding hydrogens is 504 g/mol. The Labute approximate surface area is 216 Å². The first-order chi connectivity index (χ1) is 17.9. The lowest BCUT2D eigenvalue weighted by Gasteiger charge is -2.41. The zero-order chi connectivity index (χ0) is 28.0. The number of phenols is 4. The normalized spacial score (nSPS) is 23.1. The van der Waals surface area contributed by atoms with Crippen LogP contribution in [0.15, 0.2) is 42.5 Å². The molecule has 1 aliphatic rings. The number of aliphatic hydroxyl groups excluding tert-OH is 1. The standard InChI is InChI=1S/C26H28O12/c1-36-25(34)26(35)12-20(37-22(31)8-4-14-2-6-16(27)18(29)10-14)24(33)21(13-26)38-23(32)9-5-15-3-7-17(28)19(30)11-15/h2-4,6-8,10-11,20-21,24,27-30,33,35H,5,9,12-13H2,1H3. The van der Waals surface area contributed by atoms with E-state index >= 15 is 0 Å². The third-order valence-electron chi connectivity index (χ3n) is 6.02. The molecule has 12 nitrogen and oxygen atoms in total. The molecule has 12 heteroatoms. The number of phenolic OH excluding ortho intramolecular Hbond substituents is 4. The molecule has 4 unspecified atom stereocenters. The predicted molar refractivity (Wildman–Crippen MR) is 129 cm³/mol. The molecule has 0 amide bonds. The van der Waals surface area contributed by atoms with E-state index in [2.05, 4.69) is 4.74 Å². The number of hydrogen-bond acceptors (Lipinski definition) is 12. The van der Waals surface area contributed by atoms with E-state index in [0.29, 0.717) is 11.1 Å². The molecule has 0 saturated heterocycles. The van der Waals surface area contributed by atoms with Gasteiger partial charge in [0.15, 0.2) is 28.6 Å². The Morgan fingerprint density at radius 3 is 2.13 bits per heavy atom. The van der Waals surface area contributed by atoms with Gasteiger partial charge >= 0.3 is 17.9 Å². The summed E-state index contributed by atoms with van der Waals surface area (Å²) in [5, 5.41) is 59.5. The molecule has 204 valence electrons. The van der Waals surface area contributed by atoms with E-state index < -0.39 is 60.4 Å². The van der Waals surface area contributed by atoms with E-state index in [9.17, 15) is 45.0 Å². The fourth-order valence-corrected chi connectivity index (χ4v) is 4.00. The number of aryl methyl sites for hydroxylation is 1. The summed E-state index contributed by atoms with van der Waals surface area (Å²) in [7, 11) is 1.04. The summed E-state index contributed by atoms with van der Waals surface area (Å²) >= 11 is 0. The van der Waals surface area contributed by atoms with E-state index in [-0.39, 0.29) is 30.1 Å². The summed E-state index contributed by atoms with van der Waals surface area (Å²) in [6.45, 7) is 0. The SMILES string of the molecule is COC(=O)C1(O)CC(OC(=O)C=Cc2ccc(O)c(O)c2)C(O)C(OC(=O)CCc2ccc(O)c(O)c2)C1. The maximum absolute atomic E-state index is 12.5. The molecule has 0 bridgehead atoms. The van der Waals surface area contributed by atoms with Crippen molar-refractivity contribution in [1.29, 1.82) is 0 Å². The molecule has 1 fully saturated rings. The number of esters is 3. The topological polar surface area (TPSA) is 200 Å². The largest absolute Gasteiger partial charge is 0.504 e. The fraction of sp³-hybridized carbons (Fsp3) is 0.346. The summed E-state index contributed by atoms with van der Waals surface area (Å²) in [4.78, 5) is 37.1. The highest BCUT2D eigenvalue weighted by atomic mass is 16.6. The Morgan fingerprint density at radius 1 is 0.921 bits per heavy atom. The molecule has 2 aromatic rings. The molecule has 38 heavy (non-hydrogen) atoms. The van der Waals surface area contributed by atoms with E-state index in [1.165, 1.54) is 42.5 Å². The highest BCUT2D eigenvalue weighted by Gasteiger charge is 2.52. The molecule has 1 aliphatic carbocycles. The van der Waals surface area contributed by atoms with Crippen LogP contribution in [0.5, 0.6) is 23.0 Å². The maximum atomic E-state index is 12.5. The van der Waals surface area contributed by atoms with Gasteiger partial charge in [-0.2, -0.15) is 0 Å². The number of hydrogen-bond donors (Lipinski definition) is 6. The van der Waals surface area contributed by atoms with Crippen LogP contribution in [0, 0.1) is 0 Å². The predicted octanol–water partition coefficient (Wildman–Crippen LogP) is 1.04. The summed E-state index contributed by atoms with van der Waals surface area (Å²) in [5.74, 6) is -4.26. The lowest BCUT2D eigenvalue weighted by molar-refractivity contribution is -0.206.